The number of carbonyl (C=O) groups is 13. The Kier molecular flexibility index (Phi) is 23.3. The lowest BCUT2D eigenvalue weighted by Gasteiger charge is -2.39. The van der Waals surface area contributed by atoms with Gasteiger partial charge < -0.3 is 30.9 Å². The highest BCUT2D eigenvalue weighted by molar-refractivity contribution is 6.25. The predicted molar refractivity (Wildman–Crippen MR) is 378 cm³/mol. The second-order valence-corrected chi connectivity index (χ2v) is 24.9. The number of benzene rings is 8. The van der Waals surface area contributed by atoms with Crippen molar-refractivity contribution >= 4 is 82.8 Å². The zero-order valence-corrected chi connectivity index (χ0v) is 56.4. The molecule has 0 radical (unpaired) electrons. The van der Waals surface area contributed by atoms with E-state index < -0.39 is 48.3 Å². The smallest absolute Gasteiger partial charge is 0.323 e. The van der Waals surface area contributed by atoms with Crippen LogP contribution in [0.4, 0.5) is 0 Å². The zero-order chi connectivity index (χ0) is 73.6. The fourth-order valence-electron chi connectivity index (χ4n) is 13.3. The number of nitrogens with two attached hydrogens (primary N) is 1. The predicted octanol–water partition coefficient (Wildman–Crippen LogP) is 8.18. The van der Waals surface area contributed by atoms with Crippen molar-refractivity contribution in [3.05, 3.63) is 284 Å². The average molecular weight is 1400 g/mol. The van der Waals surface area contributed by atoms with Crippen molar-refractivity contribution in [2.24, 2.45) is 10.7 Å². The van der Waals surface area contributed by atoms with Gasteiger partial charge in [-0.1, -0.05) is 152 Å². The van der Waals surface area contributed by atoms with Gasteiger partial charge in [0.15, 0.2) is 0 Å². The summed E-state index contributed by atoms with van der Waals surface area (Å²) in [6, 6.07) is 60.6. The van der Waals surface area contributed by atoms with E-state index >= 15 is 0 Å². The SMILES string of the molecule is NCCc1ccccc1.O=C(O)CCC(=O)N1CCc2ccccc2C1CN1C(=O)c2ccccc2C1=O.O=C(O)CN1C(=O)c2ccccc2C1=O.O=C1CCC(=O)O1.O=C1c2ccccc2C(=O)N1CC1=NCCc2ccccc21.O=C1c2ccccc2C(=O)N1CC1NCCc2ccccc21. The van der Waals surface area contributed by atoms with Gasteiger partial charge in [0, 0.05) is 31.6 Å². The van der Waals surface area contributed by atoms with Crippen LogP contribution < -0.4 is 11.1 Å². The maximum absolute atomic E-state index is 12.8. The highest BCUT2D eigenvalue weighted by Gasteiger charge is 2.42. The summed E-state index contributed by atoms with van der Waals surface area (Å²) < 4.78 is 4.08. The molecule has 8 aliphatic rings. The van der Waals surface area contributed by atoms with Crippen molar-refractivity contribution in [3.8, 4) is 0 Å². The Balaban J connectivity index is 0.000000131. The number of ether oxygens (including phenoxy) is 1. The molecule has 0 spiro atoms. The first-order valence-corrected chi connectivity index (χ1v) is 33.8. The molecule has 8 heterocycles. The number of aliphatic carboxylic acids is 2. The number of carboxylic acids is 2. The number of rotatable bonds is 13. The summed E-state index contributed by atoms with van der Waals surface area (Å²) in [6.45, 7) is 2.80. The number of carbonyl (C=O) groups excluding carboxylic acids is 11. The third kappa shape index (κ3) is 16.4. The molecule has 0 aromatic heterocycles. The van der Waals surface area contributed by atoms with Crippen LogP contribution in [0.3, 0.4) is 0 Å². The molecular weight excluding hydrogens is 1330 g/mol. The monoisotopic (exact) mass is 1400 g/mol. The molecule has 5 N–H and O–H groups in total. The summed E-state index contributed by atoms with van der Waals surface area (Å²) in [4.78, 5) is 163. The number of nitrogens with one attached hydrogen (secondary N) is 1. The lowest BCUT2D eigenvalue weighted by atomic mass is 9.91. The molecule has 24 heteroatoms. The highest BCUT2D eigenvalue weighted by atomic mass is 16.6. The Morgan fingerprint density at radius 2 is 0.846 bits per heavy atom. The van der Waals surface area contributed by atoms with Crippen LogP contribution in [0.15, 0.2) is 205 Å². The standard InChI is InChI=1S/C22H20N2O5.C18H16N2O2.C18H14N2O2.C10H7NO4.C8H11N.C4H4O3/c25-19(9-10-20(26)27)23-12-11-14-5-1-2-6-15(14)18(23)13-24-21(28)16-7-3-4-8-17(16)22(24)29;2*21-17-14-7-3-4-8-15(14)18(22)20(17)11-16-13-6-2-1-5-12(13)9-10-19-16;12-8(13)5-11-9(14)6-3-1-2-4-7(6)10(11)15;9-7-6-8-4-2-1-3-5-8;5-3-1-2-4(6)7-3/h1-8,18H,9-13H2,(H,26,27);1-8,16,19H,9-11H2;1-8H,9-11H2;1-4H,5H2,(H,12,13);1-5H,6-7,9H2;1-2H2. The highest BCUT2D eigenvalue weighted by Crippen LogP contribution is 2.35. The maximum Gasteiger partial charge on any atom is 0.323 e. The molecule has 8 aliphatic heterocycles. The van der Waals surface area contributed by atoms with Crippen molar-refractivity contribution < 1.29 is 77.3 Å². The number of fused-ring (bicyclic) bond motifs is 7. The topological polar surface area (TPSA) is 338 Å². The van der Waals surface area contributed by atoms with Gasteiger partial charge in [0.05, 0.1) is 94.7 Å². The second kappa shape index (κ2) is 33.3. The molecule has 8 aromatic rings. The van der Waals surface area contributed by atoms with E-state index in [2.05, 4.69) is 45.4 Å². The number of hydrogen-bond acceptors (Lipinski definition) is 17. The van der Waals surface area contributed by atoms with Crippen molar-refractivity contribution in [1.29, 1.82) is 0 Å². The van der Waals surface area contributed by atoms with Crippen LogP contribution in [0.2, 0.25) is 0 Å². The normalized spacial score (nSPS) is 16.9. The Labute approximate surface area is 597 Å². The number of aliphatic imine (C=N–C) groups is 1. The van der Waals surface area contributed by atoms with E-state index in [0.29, 0.717) is 59.4 Å². The minimum atomic E-state index is -1.20. The summed E-state index contributed by atoms with van der Waals surface area (Å²) in [6.07, 6.45) is 3.68. The average Bonchev–Trinajstić information content (AvgIpc) is 1.49. The van der Waals surface area contributed by atoms with E-state index in [9.17, 15) is 62.3 Å². The van der Waals surface area contributed by atoms with Gasteiger partial charge in [-0.25, -0.2) is 0 Å². The number of hydrogen-bond donors (Lipinski definition) is 4. The maximum atomic E-state index is 12.8. The van der Waals surface area contributed by atoms with Crippen LogP contribution >= 0.6 is 0 Å². The number of nitrogens with zero attached hydrogens (tertiary/aromatic N) is 6. The van der Waals surface area contributed by atoms with E-state index in [0.717, 1.165) is 59.7 Å². The van der Waals surface area contributed by atoms with Crippen molar-refractivity contribution in [2.45, 2.75) is 63.5 Å². The summed E-state index contributed by atoms with van der Waals surface area (Å²) in [5, 5.41) is 20.9. The van der Waals surface area contributed by atoms with Crippen molar-refractivity contribution in [1.82, 2.24) is 29.8 Å². The summed E-state index contributed by atoms with van der Waals surface area (Å²) in [5.74, 6) is -5.99. The van der Waals surface area contributed by atoms with E-state index in [-0.39, 0.29) is 97.3 Å². The van der Waals surface area contributed by atoms with Gasteiger partial charge >= 0.3 is 23.9 Å². The largest absolute Gasteiger partial charge is 0.481 e. The number of esters is 2. The number of imide groups is 4. The molecule has 0 aliphatic carbocycles. The molecule has 0 saturated carbocycles. The summed E-state index contributed by atoms with van der Waals surface area (Å²) >= 11 is 0. The van der Waals surface area contributed by atoms with Crippen LogP contribution in [-0.4, -0.2) is 170 Å². The third-order valence-corrected chi connectivity index (χ3v) is 18.4. The Morgan fingerprint density at radius 1 is 0.433 bits per heavy atom. The van der Waals surface area contributed by atoms with Gasteiger partial charge in [-0.3, -0.25) is 86.9 Å². The van der Waals surface area contributed by atoms with E-state index in [4.69, 9.17) is 15.9 Å². The molecule has 2 atom stereocenters. The van der Waals surface area contributed by atoms with Gasteiger partial charge in [0.1, 0.15) is 6.54 Å². The van der Waals surface area contributed by atoms with Gasteiger partial charge in [0.25, 0.3) is 47.3 Å². The molecular formula is C80H72N8O16. The first kappa shape index (κ1) is 72.7. The second-order valence-electron chi connectivity index (χ2n) is 24.9. The zero-order valence-electron chi connectivity index (χ0n) is 56.4. The van der Waals surface area contributed by atoms with Crippen molar-refractivity contribution in [2.75, 3.05) is 52.4 Å². The lowest BCUT2D eigenvalue weighted by molar-refractivity contribution is -0.152. The first-order valence-electron chi connectivity index (χ1n) is 33.8. The summed E-state index contributed by atoms with van der Waals surface area (Å²) in [5.41, 5.74) is 17.5. The van der Waals surface area contributed by atoms with E-state index in [1.807, 2.05) is 72.8 Å². The van der Waals surface area contributed by atoms with Crippen LogP contribution in [0.5, 0.6) is 0 Å². The molecule has 104 heavy (non-hydrogen) atoms. The van der Waals surface area contributed by atoms with Gasteiger partial charge in [-0.2, -0.15) is 0 Å². The molecule has 528 valence electrons. The van der Waals surface area contributed by atoms with Crippen LogP contribution in [0.1, 0.15) is 160 Å². The number of amides is 9. The minimum Gasteiger partial charge on any atom is -0.481 e. The Morgan fingerprint density at radius 3 is 1.31 bits per heavy atom. The van der Waals surface area contributed by atoms with Gasteiger partial charge in [-0.15, -0.1) is 0 Å². The first-order chi connectivity index (χ1) is 50.3. The van der Waals surface area contributed by atoms with Crippen LogP contribution in [0.25, 0.3) is 0 Å². The molecule has 2 unspecified atom stereocenters. The molecule has 1 fully saturated rings. The van der Waals surface area contributed by atoms with E-state index in [1.54, 1.807) is 89.8 Å². The van der Waals surface area contributed by atoms with Crippen LogP contribution in [-0.2, 0) is 54.4 Å². The number of carboxylic acid groups (broad SMARTS) is 2. The Hall–Kier alpha value is -12.5. The molecule has 0 bridgehead atoms. The fraction of sp³-hybridized carbons (Fsp3) is 0.225. The fourth-order valence-corrected chi connectivity index (χ4v) is 13.3. The molecule has 1 saturated heterocycles. The molecule has 8 aromatic carbocycles. The molecule has 16 rings (SSSR count). The number of cyclic esters (lactones) is 2. The lowest BCUT2D eigenvalue weighted by Crippen LogP contribution is -2.46. The van der Waals surface area contributed by atoms with Crippen LogP contribution in [0, 0.1) is 0 Å². The Bertz CT molecular complexity index is 4610. The van der Waals surface area contributed by atoms with Crippen molar-refractivity contribution in [3.63, 3.8) is 0 Å². The third-order valence-electron chi connectivity index (χ3n) is 18.4. The quantitative estimate of drug-likeness (QED) is 0.0480. The summed E-state index contributed by atoms with van der Waals surface area (Å²) in [7, 11) is 0. The van der Waals surface area contributed by atoms with Gasteiger partial charge in [-0.05, 0) is 121 Å². The molecule has 24 nitrogen and oxygen atoms in total. The van der Waals surface area contributed by atoms with E-state index in [1.165, 1.54) is 49.1 Å². The minimum absolute atomic E-state index is 0.00663. The molecule has 9 amide bonds. The van der Waals surface area contributed by atoms with Gasteiger partial charge in [0.2, 0.25) is 5.91 Å².